The second kappa shape index (κ2) is 10.1. The summed E-state index contributed by atoms with van der Waals surface area (Å²) in [5.74, 6) is 1.01. The summed E-state index contributed by atoms with van der Waals surface area (Å²) in [6.45, 7) is 3.97. The summed E-state index contributed by atoms with van der Waals surface area (Å²) in [7, 11) is 0. The second-order valence-corrected chi connectivity index (χ2v) is 8.81. The lowest BCUT2D eigenvalue weighted by atomic mass is 10.1. The van der Waals surface area contributed by atoms with Gasteiger partial charge in [0, 0.05) is 34.7 Å². The molecule has 0 saturated carbocycles. The molecule has 148 valence electrons. The molecule has 2 bridgehead atoms. The number of thiazole rings is 1. The molecule has 2 atom stereocenters. The molecule has 8 heteroatoms. The van der Waals surface area contributed by atoms with E-state index in [0.29, 0.717) is 12.1 Å². The molecule has 1 amide bonds. The summed E-state index contributed by atoms with van der Waals surface area (Å²) in [5, 5.41) is 6.67. The Morgan fingerprint density at radius 2 is 2.04 bits per heavy atom. The van der Waals surface area contributed by atoms with E-state index in [-0.39, 0.29) is 30.7 Å². The van der Waals surface area contributed by atoms with Gasteiger partial charge in [0.05, 0.1) is 16.3 Å². The lowest BCUT2D eigenvalue weighted by molar-refractivity contribution is 0.0676. The van der Waals surface area contributed by atoms with Gasteiger partial charge in [0.1, 0.15) is 0 Å². The quantitative estimate of drug-likeness (QED) is 0.700. The molecule has 0 aliphatic carbocycles. The van der Waals surface area contributed by atoms with Crippen molar-refractivity contribution in [2.75, 3.05) is 13.1 Å². The van der Waals surface area contributed by atoms with E-state index in [2.05, 4.69) is 26.6 Å². The first-order chi connectivity index (χ1) is 12.2. The first-order valence-electron chi connectivity index (χ1n) is 8.88. The van der Waals surface area contributed by atoms with Crippen LogP contribution in [0.5, 0.6) is 0 Å². The maximum atomic E-state index is 13.3. The highest BCUT2D eigenvalue weighted by Crippen LogP contribution is 2.33. The molecule has 1 aromatic heterocycles. The number of fused-ring (bicyclic) bond motifs is 2. The van der Waals surface area contributed by atoms with E-state index in [1.165, 1.54) is 0 Å². The van der Waals surface area contributed by atoms with Gasteiger partial charge in [-0.25, -0.2) is 4.98 Å². The zero-order valence-corrected chi connectivity index (χ0v) is 18.5. The summed E-state index contributed by atoms with van der Waals surface area (Å²) in [6.07, 6.45) is 3.33. The van der Waals surface area contributed by atoms with Crippen LogP contribution in [0.1, 0.15) is 40.3 Å². The van der Waals surface area contributed by atoms with Gasteiger partial charge in [-0.05, 0) is 44.9 Å². The number of carbonyl (C=O) groups excluding carboxylic acids is 1. The molecular formula is C19H25Cl2N3OS2. The van der Waals surface area contributed by atoms with E-state index in [4.69, 9.17) is 0 Å². The first kappa shape index (κ1) is 22.5. The molecule has 0 radical (unpaired) electrons. The van der Waals surface area contributed by atoms with Gasteiger partial charge in [0.2, 0.25) is 0 Å². The molecule has 2 saturated heterocycles. The van der Waals surface area contributed by atoms with E-state index in [9.17, 15) is 4.79 Å². The predicted octanol–water partition coefficient (Wildman–Crippen LogP) is 4.55. The minimum atomic E-state index is 0. The van der Waals surface area contributed by atoms with Crippen molar-refractivity contribution in [2.24, 2.45) is 0 Å². The Hall–Kier alpha value is -0.790. The zero-order chi connectivity index (χ0) is 17.2. The van der Waals surface area contributed by atoms with Crippen molar-refractivity contribution in [1.82, 2.24) is 15.2 Å². The highest BCUT2D eigenvalue weighted by molar-refractivity contribution is 7.98. The fourth-order valence-corrected chi connectivity index (χ4v) is 5.50. The number of nitrogens with zero attached hydrogens (tertiary/aromatic N) is 2. The third-order valence-corrected chi connectivity index (χ3v) is 6.98. The molecule has 0 spiro atoms. The monoisotopic (exact) mass is 445 g/mol. The maximum absolute atomic E-state index is 13.3. The van der Waals surface area contributed by atoms with Crippen molar-refractivity contribution < 1.29 is 4.79 Å². The Morgan fingerprint density at radius 3 is 2.81 bits per heavy atom. The Bertz CT molecular complexity index is 757. The number of nitrogens with one attached hydrogen (secondary N) is 1. The number of aromatic nitrogens is 1. The van der Waals surface area contributed by atoms with Crippen LogP contribution in [0.25, 0.3) is 0 Å². The van der Waals surface area contributed by atoms with Gasteiger partial charge >= 0.3 is 0 Å². The van der Waals surface area contributed by atoms with Crippen LogP contribution in [0, 0.1) is 6.92 Å². The lowest BCUT2D eigenvalue weighted by Gasteiger charge is -2.28. The van der Waals surface area contributed by atoms with E-state index in [1.807, 2.05) is 25.1 Å². The summed E-state index contributed by atoms with van der Waals surface area (Å²) in [6, 6.07) is 8.78. The van der Waals surface area contributed by atoms with Crippen LogP contribution >= 0.6 is 47.9 Å². The normalized spacial score (nSPS) is 21.1. The molecule has 2 aromatic rings. The number of benzene rings is 1. The predicted molar refractivity (Wildman–Crippen MR) is 118 cm³/mol. The average Bonchev–Trinajstić information content (AvgIpc) is 3.14. The topological polar surface area (TPSA) is 45.2 Å². The molecular weight excluding hydrogens is 421 g/mol. The first-order valence-corrected chi connectivity index (χ1v) is 10.7. The van der Waals surface area contributed by atoms with Gasteiger partial charge in [-0.1, -0.05) is 12.1 Å². The summed E-state index contributed by atoms with van der Waals surface area (Å²) in [4.78, 5) is 21.1. The van der Waals surface area contributed by atoms with Crippen molar-refractivity contribution in [3.8, 4) is 0 Å². The molecule has 27 heavy (non-hydrogen) atoms. The molecule has 1 N–H and O–H groups in total. The molecule has 4 nitrogen and oxygen atoms in total. The molecule has 1 aromatic carbocycles. The lowest BCUT2D eigenvalue weighted by Crippen LogP contribution is -2.42. The smallest absolute Gasteiger partial charge is 0.255 e. The molecule has 3 heterocycles. The molecule has 2 aliphatic rings. The summed E-state index contributed by atoms with van der Waals surface area (Å²) >= 11 is 3.39. The average molecular weight is 446 g/mol. The zero-order valence-electron chi connectivity index (χ0n) is 15.2. The van der Waals surface area contributed by atoms with E-state index < -0.39 is 0 Å². The van der Waals surface area contributed by atoms with Gasteiger partial charge in [-0.3, -0.25) is 4.79 Å². The van der Waals surface area contributed by atoms with Crippen LogP contribution in [-0.2, 0) is 5.75 Å². The molecule has 4 rings (SSSR count). The largest absolute Gasteiger partial charge is 0.331 e. The Morgan fingerprint density at radius 1 is 1.26 bits per heavy atom. The number of amides is 1. The fourth-order valence-electron chi connectivity index (χ4n) is 3.85. The van der Waals surface area contributed by atoms with Gasteiger partial charge in [-0.15, -0.1) is 47.9 Å². The van der Waals surface area contributed by atoms with Crippen molar-refractivity contribution in [1.29, 1.82) is 0 Å². The van der Waals surface area contributed by atoms with Crippen LogP contribution in [-0.4, -0.2) is 41.0 Å². The van der Waals surface area contributed by atoms with E-state index >= 15 is 0 Å². The maximum Gasteiger partial charge on any atom is 0.255 e. The summed E-state index contributed by atoms with van der Waals surface area (Å²) < 4.78 is 0. The highest BCUT2D eigenvalue weighted by atomic mass is 35.5. The van der Waals surface area contributed by atoms with Crippen LogP contribution in [0.15, 0.2) is 34.5 Å². The molecule has 2 unspecified atom stereocenters. The fraction of sp³-hybridized carbons (Fsp3) is 0.474. The van der Waals surface area contributed by atoms with Crippen LogP contribution in [0.3, 0.4) is 0 Å². The van der Waals surface area contributed by atoms with E-state index in [1.54, 1.807) is 23.1 Å². The number of rotatable bonds is 4. The third kappa shape index (κ3) is 4.98. The van der Waals surface area contributed by atoms with Gasteiger partial charge in [0.25, 0.3) is 5.91 Å². The third-order valence-electron chi connectivity index (χ3n) is 5.05. The number of aryl methyl sites for hydroxylation is 1. The number of carbonyl (C=O) groups is 1. The number of hydrogen-bond acceptors (Lipinski definition) is 5. The second-order valence-electron chi connectivity index (χ2n) is 6.73. The number of hydrogen-bond donors (Lipinski definition) is 1. The molecule has 2 aliphatic heterocycles. The Labute approximate surface area is 181 Å². The number of halogens is 2. The van der Waals surface area contributed by atoms with Crippen LogP contribution in [0.4, 0.5) is 0 Å². The standard InChI is InChI=1S/C19H23N3OS2.2ClH/c1-13-21-14(11-24-13)12-25-18-5-3-2-4-17(18)19(23)22-15-6-7-16(22)10-20-9-8-15;;/h2-5,11,15-16,20H,6-10,12H2,1H3;2*1H. The van der Waals surface area contributed by atoms with Crippen molar-refractivity contribution in [3.05, 3.63) is 45.9 Å². The Kier molecular flexibility index (Phi) is 8.43. The highest BCUT2D eigenvalue weighted by Gasteiger charge is 2.38. The minimum Gasteiger partial charge on any atom is -0.331 e. The SMILES string of the molecule is Cc1nc(CSc2ccccc2C(=O)N2C3CCNCC2CC3)cs1.Cl.Cl. The minimum absolute atomic E-state index is 0. The molecule has 2 fully saturated rings. The van der Waals surface area contributed by atoms with Crippen molar-refractivity contribution >= 4 is 53.8 Å². The van der Waals surface area contributed by atoms with Gasteiger partial charge < -0.3 is 10.2 Å². The van der Waals surface area contributed by atoms with Gasteiger partial charge in [-0.2, -0.15) is 0 Å². The Balaban J connectivity index is 0.00000131. The van der Waals surface area contributed by atoms with E-state index in [0.717, 1.165) is 59.3 Å². The number of thioether (sulfide) groups is 1. The van der Waals surface area contributed by atoms with Gasteiger partial charge in [0.15, 0.2) is 0 Å². The van der Waals surface area contributed by atoms with Crippen molar-refractivity contribution in [2.45, 2.75) is 48.9 Å². The van der Waals surface area contributed by atoms with Crippen LogP contribution < -0.4 is 5.32 Å². The van der Waals surface area contributed by atoms with Crippen LogP contribution in [0.2, 0.25) is 0 Å². The summed E-state index contributed by atoms with van der Waals surface area (Å²) in [5.41, 5.74) is 1.94. The van der Waals surface area contributed by atoms with Crippen molar-refractivity contribution in [3.63, 3.8) is 0 Å².